The monoisotopic (exact) mass is 250 g/mol. The Morgan fingerprint density at radius 1 is 1.25 bits per heavy atom. The van der Waals surface area contributed by atoms with Crippen molar-refractivity contribution in [2.24, 2.45) is 5.41 Å². The van der Waals surface area contributed by atoms with Crippen LogP contribution in [0.15, 0.2) is 0 Å². The highest BCUT2D eigenvalue weighted by Crippen LogP contribution is 2.40. The molecular formula is C10H19BrS. The molecule has 0 aromatic carbocycles. The summed E-state index contributed by atoms with van der Waals surface area (Å²) in [5.74, 6) is 2.64. The maximum absolute atomic E-state index is 3.68. The van der Waals surface area contributed by atoms with Crippen molar-refractivity contribution >= 4 is 27.7 Å². The van der Waals surface area contributed by atoms with Gasteiger partial charge in [0.05, 0.1) is 0 Å². The number of thioether (sulfide) groups is 1. The highest BCUT2D eigenvalue weighted by Gasteiger charge is 2.30. The summed E-state index contributed by atoms with van der Waals surface area (Å²) >= 11 is 5.79. The second-order valence-corrected chi connectivity index (χ2v) is 5.67. The molecule has 0 radical (unpaired) electrons. The first-order valence-corrected chi connectivity index (χ1v) is 7.24. The van der Waals surface area contributed by atoms with Crippen molar-refractivity contribution < 1.29 is 0 Å². The van der Waals surface area contributed by atoms with E-state index in [2.05, 4.69) is 34.6 Å². The molecule has 0 amide bonds. The Bertz CT molecular complexity index is 119. The fraction of sp³-hybridized carbons (Fsp3) is 1.00. The van der Waals surface area contributed by atoms with E-state index in [1.54, 1.807) is 0 Å². The number of rotatable bonds is 4. The first-order chi connectivity index (χ1) is 5.83. The lowest BCUT2D eigenvalue weighted by Gasteiger charge is -2.35. The highest BCUT2D eigenvalue weighted by molar-refractivity contribution is 9.09. The highest BCUT2D eigenvalue weighted by atomic mass is 79.9. The van der Waals surface area contributed by atoms with Crippen molar-refractivity contribution in [1.29, 1.82) is 0 Å². The molecule has 1 fully saturated rings. The molecule has 72 valence electrons. The van der Waals surface area contributed by atoms with Crippen LogP contribution in [0.4, 0.5) is 0 Å². The second-order valence-electron chi connectivity index (χ2n) is 3.83. The van der Waals surface area contributed by atoms with Gasteiger partial charge in [0.1, 0.15) is 0 Å². The maximum Gasteiger partial charge on any atom is 0.00958 e. The number of alkyl halides is 1. The predicted molar refractivity (Wildman–Crippen MR) is 62.3 cm³/mol. The van der Waals surface area contributed by atoms with E-state index >= 15 is 0 Å². The molecule has 1 rings (SSSR count). The average molecular weight is 251 g/mol. The van der Waals surface area contributed by atoms with Gasteiger partial charge in [0.25, 0.3) is 0 Å². The maximum atomic E-state index is 3.68. The van der Waals surface area contributed by atoms with Crippen LogP contribution in [0.2, 0.25) is 0 Å². The van der Waals surface area contributed by atoms with Crippen LogP contribution >= 0.6 is 27.7 Å². The SMILES string of the molecule is CCSCC1(CBr)CCCCC1. The Hall–Kier alpha value is 0.830. The van der Waals surface area contributed by atoms with E-state index in [0.717, 1.165) is 0 Å². The lowest BCUT2D eigenvalue weighted by Crippen LogP contribution is -2.28. The minimum absolute atomic E-state index is 0.652. The third kappa shape index (κ3) is 2.95. The van der Waals surface area contributed by atoms with Crippen molar-refractivity contribution in [2.75, 3.05) is 16.8 Å². The van der Waals surface area contributed by atoms with Gasteiger partial charge in [0.2, 0.25) is 0 Å². The van der Waals surface area contributed by atoms with Crippen LogP contribution in [0.3, 0.4) is 0 Å². The summed E-state index contributed by atoms with van der Waals surface area (Å²) in [7, 11) is 0. The van der Waals surface area contributed by atoms with Gasteiger partial charge in [-0.3, -0.25) is 0 Å². The molecule has 0 atom stereocenters. The molecule has 2 heteroatoms. The number of hydrogen-bond donors (Lipinski definition) is 0. The molecule has 0 heterocycles. The summed E-state index contributed by atoms with van der Waals surface area (Å²) < 4.78 is 0. The van der Waals surface area contributed by atoms with E-state index in [1.807, 2.05) is 0 Å². The second kappa shape index (κ2) is 5.54. The van der Waals surface area contributed by atoms with Crippen LogP contribution in [0.5, 0.6) is 0 Å². The Morgan fingerprint density at radius 3 is 2.42 bits per heavy atom. The van der Waals surface area contributed by atoms with Gasteiger partial charge >= 0.3 is 0 Å². The van der Waals surface area contributed by atoms with Crippen molar-refractivity contribution in [3.05, 3.63) is 0 Å². The third-order valence-electron chi connectivity index (χ3n) is 2.81. The van der Waals surface area contributed by atoms with Crippen molar-refractivity contribution in [1.82, 2.24) is 0 Å². The zero-order valence-electron chi connectivity index (χ0n) is 7.94. The minimum Gasteiger partial charge on any atom is -0.162 e. The fourth-order valence-corrected chi connectivity index (χ4v) is 3.99. The Morgan fingerprint density at radius 2 is 1.92 bits per heavy atom. The molecule has 0 N–H and O–H groups in total. The summed E-state index contributed by atoms with van der Waals surface area (Å²) in [5.41, 5.74) is 0.652. The van der Waals surface area contributed by atoms with E-state index < -0.39 is 0 Å². The topological polar surface area (TPSA) is 0 Å². The zero-order valence-corrected chi connectivity index (χ0v) is 10.3. The summed E-state index contributed by atoms with van der Waals surface area (Å²) in [5, 5.41) is 1.22. The van der Waals surface area contributed by atoms with E-state index in [0.29, 0.717) is 5.41 Å². The summed E-state index contributed by atoms with van der Waals surface area (Å²) in [6.45, 7) is 2.26. The van der Waals surface area contributed by atoms with Crippen molar-refractivity contribution in [3.63, 3.8) is 0 Å². The van der Waals surface area contributed by atoms with E-state index in [4.69, 9.17) is 0 Å². The standard InChI is InChI=1S/C10H19BrS/c1-2-12-9-10(8-11)6-4-3-5-7-10/h2-9H2,1H3. The van der Waals surface area contributed by atoms with Gasteiger partial charge in [-0.25, -0.2) is 0 Å². The Labute approximate surface area is 89.0 Å². The molecule has 0 nitrogen and oxygen atoms in total. The predicted octanol–water partition coefficient (Wildman–Crippen LogP) is 4.08. The molecule has 0 aromatic rings. The molecule has 0 aliphatic heterocycles. The van der Waals surface area contributed by atoms with Gasteiger partial charge in [-0.2, -0.15) is 11.8 Å². The molecule has 0 saturated heterocycles. The summed E-state index contributed by atoms with van der Waals surface area (Å²) in [6, 6.07) is 0. The largest absolute Gasteiger partial charge is 0.162 e. The summed E-state index contributed by atoms with van der Waals surface area (Å²) in [4.78, 5) is 0. The lowest BCUT2D eigenvalue weighted by molar-refractivity contribution is 0.260. The van der Waals surface area contributed by atoms with E-state index in [9.17, 15) is 0 Å². The van der Waals surface area contributed by atoms with Crippen LogP contribution in [0.25, 0.3) is 0 Å². The number of hydrogen-bond acceptors (Lipinski definition) is 1. The zero-order chi connectivity index (χ0) is 8.86. The minimum atomic E-state index is 0.652. The van der Waals surface area contributed by atoms with Gasteiger partial charge in [0, 0.05) is 5.33 Å². The van der Waals surface area contributed by atoms with Gasteiger partial charge < -0.3 is 0 Å². The van der Waals surface area contributed by atoms with Crippen LogP contribution in [-0.2, 0) is 0 Å². The normalized spacial score (nSPS) is 22.5. The molecule has 12 heavy (non-hydrogen) atoms. The van der Waals surface area contributed by atoms with E-state index in [1.165, 1.54) is 48.9 Å². The van der Waals surface area contributed by atoms with Gasteiger partial charge in [-0.15, -0.1) is 0 Å². The third-order valence-corrected chi connectivity index (χ3v) is 5.22. The quantitative estimate of drug-likeness (QED) is 0.678. The van der Waals surface area contributed by atoms with Crippen LogP contribution in [-0.4, -0.2) is 16.8 Å². The van der Waals surface area contributed by atoms with Crippen LogP contribution in [0.1, 0.15) is 39.0 Å². The molecule has 1 saturated carbocycles. The van der Waals surface area contributed by atoms with Crippen molar-refractivity contribution in [3.8, 4) is 0 Å². The molecule has 1 aliphatic carbocycles. The first-order valence-electron chi connectivity index (χ1n) is 4.97. The average Bonchev–Trinajstić information content (AvgIpc) is 2.16. The van der Waals surface area contributed by atoms with Gasteiger partial charge in [-0.1, -0.05) is 42.1 Å². The molecule has 1 aliphatic rings. The molecule has 0 aromatic heterocycles. The smallest absolute Gasteiger partial charge is 0.00958 e. The lowest BCUT2D eigenvalue weighted by atomic mass is 9.77. The van der Waals surface area contributed by atoms with Gasteiger partial charge in [0.15, 0.2) is 0 Å². The fourth-order valence-electron chi connectivity index (χ4n) is 1.94. The molecule has 0 unspecified atom stereocenters. The first kappa shape index (κ1) is 10.9. The molecule has 0 spiro atoms. The van der Waals surface area contributed by atoms with Crippen LogP contribution < -0.4 is 0 Å². The summed E-state index contributed by atoms with van der Waals surface area (Å²) in [6.07, 6.45) is 7.27. The van der Waals surface area contributed by atoms with Crippen LogP contribution in [0, 0.1) is 5.41 Å². The Balaban J connectivity index is 2.37. The number of halogens is 1. The molecular weight excluding hydrogens is 232 g/mol. The van der Waals surface area contributed by atoms with E-state index in [-0.39, 0.29) is 0 Å². The Kier molecular flexibility index (Phi) is 5.03. The molecule has 0 bridgehead atoms. The van der Waals surface area contributed by atoms with Crippen molar-refractivity contribution in [2.45, 2.75) is 39.0 Å². The van der Waals surface area contributed by atoms with Gasteiger partial charge in [-0.05, 0) is 29.8 Å².